The fourth-order valence-electron chi connectivity index (χ4n) is 1.58. The smallest absolute Gasteiger partial charge is 0.257 e. The van der Waals surface area contributed by atoms with Crippen LogP contribution in [0, 0.1) is 6.92 Å². The molecule has 3 aromatic rings. The Balaban J connectivity index is 1.78. The van der Waals surface area contributed by atoms with Crippen LogP contribution in [0.3, 0.4) is 0 Å². The summed E-state index contributed by atoms with van der Waals surface area (Å²) in [6.45, 7) is 2.00. The number of hydrogen-bond acceptors (Lipinski definition) is 5. The summed E-state index contributed by atoms with van der Waals surface area (Å²) in [5, 5.41) is 1.75. The average molecular weight is 341 g/mol. The van der Waals surface area contributed by atoms with E-state index < -0.39 is 0 Å². The average Bonchev–Trinajstić information content (AvgIpc) is 2.89. The first-order chi connectivity index (χ1) is 8.72. The quantitative estimate of drug-likeness (QED) is 0.650. The Hall–Kier alpha value is -0.850. The van der Waals surface area contributed by atoms with Gasteiger partial charge < -0.3 is 4.42 Å². The molecule has 0 spiro atoms. The molecular formula is C12H9BrN2OS2. The first-order valence-electron chi connectivity index (χ1n) is 5.32. The van der Waals surface area contributed by atoms with Crippen molar-refractivity contribution in [2.45, 2.75) is 17.9 Å². The van der Waals surface area contributed by atoms with Gasteiger partial charge in [-0.15, -0.1) is 11.3 Å². The lowest BCUT2D eigenvalue weighted by molar-refractivity contribution is 0.489. The Morgan fingerprint density at radius 1 is 1.33 bits per heavy atom. The molecular weight excluding hydrogens is 332 g/mol. The number of aryl methyl sites for hydroxylation is 1. The van der Waals surface area contributed by atoms with Gasteiger partial charge in [-0.05, 0) is 35.0 Å². The minimum atomic E-state index is 0.689. The Morgan fingerprint density at radius 2 is 2.17 bits per heavy atom. The number of thioether (sulfide) groups is 1. The van der Waals surface area contributed by atoms with E-state index in [0.717, 1.165) is 31.3 Å². The van der Waals surface area contributed by atoms with Gasteiger partial charge in [0.2, 0.25) is 0 Å². The van der Waals surface area contributed by atoms with Crippen LogP contribution in [0.4, 0.5) is 0 Å². The monoisotopic (exact) mass is 340 g/mol. The highest BCUT2D eigenvalue weighted by Crippen LogP contribution is 2.31. The number of benzene rings is 1. The third-order valence-corrected chi connectivity index (χ3v) is 4.95. The number of hydrogen-bond donors (Lipinski definition) is 0. The molecule has 6 heteroatoms. The van der Waals surface area contributed by atoms with Gasteiger partial charge in [0, 0.05) is 5.75 Å². The molecule has 92 valence electrons. The fourth-order valence-corrected chi connectivity index (χ4v) is 4.22. The number of fused-ring (bicyclic) bond motifs is 1. The van der Waals surface area contributed by atoms with Gasteiger partial charge >= 0.3 is 0 Å². The zero-order valence-corrected chi connectivity index (χ0v) is 12.7. The summed E-state index contributed by atoms with van der Waals surface area (Å²) in [4.78, 5) is 8.88. The Kier molecular flexibility index (Phi) is 3.41. The Bertz CT molecular complexity index is 659. The molecule has 0 amide bonds. The summed E-state index contributed by atoms with van der Waals surface area (Å²) in [6.07, 6.45) is 0. The molecule has 3 rings (SSSR count). The molecule has 2 aromatic heterocycles. The third-order valence-electron chi connectivity index (χ3n) is 2.36. The van der Waals surface area contributed by atoms with Crippen LogP contribution < -0.4 is 0 Å². The lowest BCUT2D eigenvalue weighted by atomic mass is 10.3. The molecule has 0 saturated carbocycles. The second-order valence-electron chi connectivity index (χ2n) is 3.69. The summed E-state index contributed by atoms with van der Waals surface area (Å²) < 4.78 is 6.74. The number of thiazole rings is 1. The van der Waals surface area contributed by atoms with Crippen molar-refractivity contribution in [2.24, 2.45) is 0 Å². The highest BCUT2D eigenvalue weighted by atomic mass is 79.9. The second-order valence-corrected chi connectivity index (χ2v) is 7.14. The normalized spacial score (nSPS) is 11.2. The molecule has 0 fully saturated rings. The van der Waals surface area contributed by atoms with Gasteiger partial charge in [-0.3, -0.25) is 0 Å². The summed E-state index contributed by atoms with van der Waals surface area (Å²) in [6, 6.07) is 7.78. The molecule has 0 unspecified atom stereocenters. The number of rotatable bonds is 3. The minimum absolute atomic E-state index is 0.689. The molecule has 0 aliphatic heterocycles. The van der Waals surface area contributed by atoms with Crippen molar-refractivity contribution >= 4 is 50.1 Å². The highest BCUT2D eigenvalue weighted by molar-refractivity contribution is 9.11. The topological polar surface area (TPSA) is 38.9 Å². The summed E-state index contributed by atoms with van der Waals surface area (Å²) in [5.41, 5.74) is 2.77. The predicted octanol–water partition coefficient (Wildman–Crippen LogP) is 4.65. The van der Waals surface area contributed by atoms with Crippen molar-refractivity contribution in [3.8, 4) is 0 Å². The molecule has 0 radical (unpaired) electrons. The Morgan fingerprint density at radius 3 is 2.89 bits per heavy atom. The molecule has 0 aliphatic carbocycles. The van der Waals surface area contributed by atoms with Crippen LogP contribution in [-0.4, -0.2) is 9.97 Å². The summed E-state index contributed by atoms with van der Waals surface area (Å²) in [5.74, 6) is 0.762. The van der Waals surface area contributed by atoms with Crippen LogP contribution in [0.5, 0.6) is 0 Å². The Labute approximate surface area is 121 Å². The zero-order valence-electron chi connectivity index (χ0n) is 9.51. The number of halogens is 1. The number of para-hydroxylation sites is 2. The molecule has 2 heterocycles. The van der Waals surface area contributed by atoms with Crippen molar-refractivity contribution < 1.29 is 4.42 Å². The van der Waals surface area contributed by atoms with Crippen LogP contribution in [0.25, 0.3) is 11.1 Å². The predicted molar refractivity (Wildman–Crippen MR) is 78.1 cm³/mol. The van der Waals surface area contributed by atoms with Crippen molar-refractivity contribution in [1.29, 1.82) is 0 Å². The molecule has 0 saturated heterocycles. The van der Waals surface area contributed by atoms with E-state index in [4.69, 9.17) is 4.42 Å². The number of oxazole rings is 1. The van der Waals surface area contributed by atoms with E-state index in [2.05, 4.69) is 25.9 Å². The van der Waals surface area contributed by atoms with E-state index in [0.29, 0.717) is 5.22 Å². The maximum absolute atomic E-state index is 5.65. The van der Waals surface area contributed by atoms with Crippen molar-refractivity contribution in [1.82, 2.24) is 9.97 Å². The molecule has 18 heavy (non-hydrogen) atoms. The highest BCUT2D eigenvalue weighted by Gasteiger charge is 2.10. The molecule has 3 nitrogen and oxygen atoms in total. The van der Waals surface area contributed by atoms with E-state index in [1.165, 1.54) is 0 Å². The maximum Gasteiger partial charge on any atom is 0.257 e. The molecule has 0 bridgehead atoms. The van der Waals surface area contributed by atoms with Crippen LogP contribution in [-0.2, 0) is 5.75 Å². The van der Waals surface area contributed by atoms with Crippen molar-refractivity contribution in [3.05, 3.63) is 38.8 Å². The first-order valence-corrected chi connectivity index (χ1v) is 7.92. The van der Waals surface area contributed by atoms with Crippen LogP contribution in [0.15, 0.2) is 37.7 Å². The maximum atomic E-state index is 5.65. The van der Waals surface area contributed by atoms with Crippen LogP contribution >= 0.6 is 39.0 Å². The second kappa shape index (κ2) is 5.03. The fraction of sp³-hybridized carbons (Fsp3) is 0.167. The van der Waals surface area contributed by atoms with Gasteiger partial charge in [0.1, 0.15) is 5.52 Å². The van der Waals surface area contributed by atoms with Gasteiger partial charge in [-0.1, -0.05) is 23.9 Å². The van der Waals surface area contributed by atoms with Gasteiger partial charge in [-0.25, -0.2) is 9.97 Å². The first kappa shape index (κ1) is 12.2. The molecule has 1 aromatic carbocycles. The third kappa shape index (κ3) is 2.46. The largest absolute Gasteiger partial charge is 0.431 e. The standard InChI is InChI=1S/C12H9BrN2OS2/c1-7-14-9(11(13)18-7)6-17-12-15-8-4-2-3-5-10(8)16-12/h2-5H,6H2,1H3. The SMILES string of the molecule is Cc1nc(CSc2nc3ccccc3o2)c(Br)s1. The van der Waals surface area contributed by atoms with Crippen molar-refractivity contribution in [2.75, 3.05) is 0 Å². The van der Waals surface area contributed by atoms with Gasteiger partial charge in [-0.2, -0.15) is 0 Å². The summed E-state index contributed by atoms with van der Waals surface area (Å²) >= 11 is 6.73. The lowest BCUT2D eigenvalue weighted by Gasteiger charge is -1.93. The molecule has 0 atom stereocenters. The zero-order chi connectivity index (χ0) is 12.5. The van der Waals surface area contributed by atoms with E-state index in [1.54, 1.807) is 23.1 Å². The minimum Gasteiger partial charge on any atom is -0.431 e. The van der Waals surface area contributed by atoms with E-state index >= 15 is 0 Å². The van der Waals surface area contributed by atoms with Crippen LogP contribution in [0.1, 0.15) is 10.7 Å². The summed E-state index contributed by atoms with van der Waals surface area (Å²) in [7, 11) is 0. The molecule has 0 aliphatic rings. The van der Waals surface area contributed by atoms with E-state index in [9.17, 15) is 0 Å². The van der Waals surface area contributed by atoms with E-state index in [1.807, 2.05) is 31.2 Å². The van der Waals surface area contributed by atoms with Gasteiger partial charge in [0.15, 0.2) is 5.58 Å². The lowest BCUT2D eigenvalue weighted by Crippen LogP contribution is -1.82. The van der Waals surface area contributed by atoms with Gasteiger partial charge in [0.05, 0.1) is 14.5 Å². The van der Waals surface area contributed by atoms with Crippen molar-refractivity contribution in [3.63, 3.8) is 0 Å². The number of nitrogens with zero attached hydrogens (tertiary/aromatic N) is 2. The molecule has 0 N–H and O–H groups in total. The van der Waals surface area contributed by atoms with E-state index in [-0.39, 0.29) is 0 Å². The van der Waals surface area contributed by atoms with Gasteiger partial charge in [0.25, 0.3) is 5.22 Å². The van der Waals surface area contributed by atoms with Crippen LogP contribution in [0.2, 0.25) is 0 Å². The number of aromatic nitrogens is 2.